The summed E-state index contributed by atoms with van der Waals surface area (Å²) in [5.41, 5.74) is 0.106. The van der Waals surface area contributed by atoms with Crippen molar-refractivity contribution in [3.63, 3.8) is 0 Å². The van der Waals surface area contributed by atoms with Crippen LogP contribution >= 0.6 is 0 Å². The number of hydrogen-bond acceptors (Lipinski definition) is 1. The zero-order valence-electron chi connectivity index (χ0n) is 7.85. The molecule has 3 heteroatoms. The van der Waals surface area contributed by atoms with Crippen molar-refractivity contribution in [1.29, 1.82) is 0 Å². The van der Waals surface area contributed by atoms with Crippen LogP contribution in [0.15, 0.2) is 0 Å². The van der Waals surface area contributed by atoms with Crippen molar-refractivity contribution in [2.45, 2.75) is 33.2 Å². The summed E-state index contributed by atoms with van der Waals surface area (Å²) in [4.78, 5) is 0. The van der Waals surface area contributed by atoms with Gasteiger partial charge in [0.1, 0.15) is 6.72 Å². The first-order chi connectivity index (χ1) is 4.48. The smallest absolute Gasteiger partial charge is 0.247 e. The van der Waals surface area contributed by atoms with Crippen molar-refractivity contribution < 1.29 is 21.7 Å². The van der Waals surface area contributed by atoms with E-state index in [1.165, 1.54) is 0 Å². The fourth-order valence-electron chi connectivity index (χ4n) is 0.395. The topological polar surface area (TPSA) is 12.2 Å². The second-order valence-corrected chi connectivity index (χ2v) is 3.33. The van der Waals surface area contributed by atoms with Gasteiger partial charge in [0.05, 0.1) is 6.61 Å². The third-order valence-corrected chi connectivity index (χ3v) is 1.40. The minimum atomic E-state index is 0. The molecule has 2 nitrogen and oxygen atoms in total. The van der Waals surface area contributed by atoms with Crippen LogP contribution in [0.3, 0.4) is 0 Å². The zero-order valence-corrected chi connectivity index (χ0v) is 8.61. The van der Waals surface area contributed by atoms with Gasteiger partial charge in [0.25, 0.3) is 0 Å². The van der Waals surface area contributed by atoms with Crippen molar-refractivity contribution in [2.24, 2.45) is 0 Å². The molecule has 0 rings (SSSR count). The highest BCUT2D eigenvalue weighted by Crippen LogP contribution is 2.04. The highest BCUT2D eigenvalue weighted by molar-refractivity contribution is 5.15. The van der Waals surface area contributed by atoms with Gasteiger partial charge in [-0.1, -0.05) is 0 Å². The Bertz CT molecular complexity index is 118. The summed E-state index contributed by atoms with van der Waals surface area (Å²) in [6.45, 7) is 13.5. The molecule has 11 heavy (non-hydrogen) atoms. The molecule has 0 unspecified atom stereocenters. The maximum Gasteiger partial charge on any atom is 0.247 e. The molecular formula is C8H18ClNO. The van der Waals surface area contributed by atoms with E-state index in [0.29, 0.717) is 6.73 Å². The van der Waals surface area contributed by atoms with E-state index in [4.69, 9.17) is 4.74 Å². The molecule has 68 valence electrons. The molecule has 0 saturated carbocycles. The number of nitrogens with zero attached hydrogens (tertiary/aromatic N) is 1. The summed E-state index contributed by atoms with van der Waals surface area (Å²) in [6, 6.07) is 0. The summed E-state index contributed by atoms with van der Waals surface area (Å²) in [5, 5.41) is 0. The van der Waals surface area contributed by atoms with Crippen LogP contribution < -0.4 is 12.4 Å². The third kappa shape index (κ3) is 6.32. The van der Waals surface area contributed by atoms with Gasteiger partial charge in [0.2, 0.25) is 6.73 Å². The van der Waals surface area contributed by atoms with Gasteiger partial charge >= 0.3 is 0 Å². The maximum atomic E-state index is 5.19. The van der Waals surface area contributed by atoms with Gasteiger partial charge in [-0.05, 0) is 27.7 Å². The van der Waals surface area contributed by atoms with Gasteiger partial charge in [0.15, 0.2) is 5.54 Å². The SMILES string of the molecule is C=[N+](COCC)C(C)(C)C.[Cl-]. The van der Waals surface area contributed by atoms with Crippen LogP contribution in [0.2, 0.25) is 0 Å². The second kappa shape index (κ2) is 5.56. The van der Waals surface area contributed by atoms with Crippen LogP contribution in [0.5, 0.6) is 0 Å². The largest absolute Gasteiger partial charge is 1.00 e. The van der Waals surface area contributed by atoms with Crippen molar-refractivity contribution >= 4 is 6.72 Å². The van der Waals surface area contributed by atoms with Crippen molar-refractivity contribution in [1.82, 2.24) is 0 Å². The molecule has 0 aromatic heterocycles. The maximum absolute atomic E-state index is 5.19. The lowest BCUT2D eigenvalue weighted by Crippen LogP contribution is -3.00. The van der Waals surface area contributed by atoms with Crippen LogP contribution in [0.4, 0.5) is 0 Å². The third-order valence-electron chi connectivity index (χ3n) is 1.40. The molecule has 0 radical (unpaired) electrons. The fraction of sp³-hybridized carbons (Fsp3) is 0.875. The number of hydrogen-bond donors (Lipinski definition) is 0. The van der Waals surface area contributed by atoms with Gasteiger partial charge in [-0.15, -0.1) is 0 Å². The van der Waals surface area contributed by atoms with Gasteiger partial charge in [-0.3, -0.25) is 0 Å². The zero-order chi connectivity index (χ0) is 8.20. The van der Waals surface area contributed by atoms with E-state index in [0.717, 1.165) is 6.61 Å². The predicted octanol–water partition coefficient (Wildman–Crippen LogP) is -1.50. The van der Waals surface area contributed by atoms with Crippen molar-refractivity contribution in [3.8, 4) is 0 Å². The van der Waals surface area contributed by atoms with Gasteiger partial charge in [0, 0.05) is 0 Å². The molecule has 0 aliphatic rings. The molecule has 0 saturated heterocycles. The molecule has 0 amide bonds. The first-order valence-electron chi connectivity index (χ1n) is 3.64. The average Bonchev–Trinajstić information content (AvgIpc) is 1.80. The van der Waals surface area contributed by atoms with Crippen LogP contribution in [0, 0.1) is 0 Å². The van der Waals surface area contributed by atoms with Crippen LogP contribution in [0.1, 0.15) is 27.7 Å². The monoisotopic (exact) mass is 179 g/mol. The Hall–Kier alpha value is -0.0800. The molecule has 0 aromatic rings. The van der Waals surface area contributed by atoms with E-state index in [1.807, 2.05) is 11.5 Å². The number of ether oxygens (including phenoxy) is 1. The molecule has 0 fully saturated rings. The molecule has 0 spiro atoms. The van der Waals surface area contributed by atoms with E-state index < -0.39 is 0 Å². The first kappa shape index (κ1) is 13.5. The Balaban J connectivity index is 0. The van der Waals surface area contributed by atoms with E-state index in [2.05, 4.69) is 27.5 Å². The van der Waals surface area contributed by atoms with Crippen LogP contribution in [-0.2, 0) is 4.74 Å². The molecule has 0 N–H and O–H groups in total. The van der Waals surface area contributed by atoms with Crippen molar-refractivity contribution in [2.75, 3.05) is 13.3 Å². The summed E-state index contributed by atoms with van der Waals surface area (Å²) >= 11 is 0. The van der Waals surface area contributed by atoms with Crippen molar-refractivity contribution in [3.05, 3.63) is 0 Å². The molecule has 0 aromatic carbocycles. The van der Waals surface area contributed by atoms with Crippen LogP contribution in [0.25, 0.3) is 0 Å². The minimum Gasteiger partial charge on any atom is -1.00 e. The van der Waals surface area contributed by atoms with Gasteiger partial charge < -0.3 is 17.1 Å². The number of halogens is 1. The van der Waals surface area contributed by atoms with Gasteiger partial charge in [-0.25, -0.2) is 4.58 Å². The summed E-state index contributed by atoms with van der Waals surface area (Å²) in [6.07, 6.45) is 0. The molecular weight excluding hydrogens is 162 g/mol. The highest BCUT2D eigenvalue weighted by atomic mass is 35.5. The summed E-state index contributed by atoms with van der Waals surface area (Å²) < 4.78 is 7.11. The summed E-state index contributed by atoms with van der Waals surface area (Å²) in [7, 11) is 0. The minimum absolute atomic E-state index is 0. The lowest BCUT2D eigenvalue weighted by Gasteiger charge is -2.15. The molecule has 0 heterocycles. The van der Waals surface area contributed by atoms with E-state index >= 15 is 0 Å². The lowest BCUT2D eigenvalue weighted by atomic mass is 10.1. The quantitative estimate of drug-likeness (QED) is 0.292. The Morgan fingerprint density at radius 3 is 2.09 bits per heavy atom. The predicted molar refractivity (Wildman–Crippen MR) is 43.6 cm³/mol. The lowest BCUT2D eigenvalue weighted by molar-refractivity contribution is -0.622. The molecule has 0 atom stereocenters. The molecule has 0 bridgehead atoms. The van der Waals surface area contributed by atoms with E-state index in [9.17, 15) is 0 Å². The summed E-state index contributed by atoms with van der Waals surface area (Å²) in [5.74, 6) is 0. The second-order valence-electron chi connectivity index (χ2n) is 3.33. The molecule has 0 aliphatic carbocycles. The fourth-order valence-corrected chi connectivity index (χ4v) is 0.395. The Labute approximate surface area is 75.7 Å². The standard InChI is InChI=1S/C8H18NO.ClH/c1-6-10-7-9(5)8(2,3)4;/h5-7H2,1-4H3;1H/q+1;/p-1. The Kier molecular flexibility index (Phi) is 6.82. The Morgan fingerprint density at radius 1 is 1.36 bits per heavy atom. The number of rotatable bonds is 3. The van der Waals surface area contributed by atoms with Gasteiger partial charge in [-0.2, -0.15) is 0 Å². The van der Waals surface area contributed by atoms with E-state index in [1.54, 1.807) is 0 Å². The first-order valence-corrected chi connectivity index (χ1v) is 3.64. The highest BCUT2D eigenvalue weighted by Gasteiger charge is 2.20. The Morgan fingerprint density at radius 2 is 1.82 bits per heavy atom. The van der Waals surface area contributed by atoms with E-state index in [-0.39, 0.29) is 17.9 Å². The van der Waals surface area contributed by atoms with Crippen LogP contribution in [-0.4, -0.2) is 30.2 Å². The average molecular weight is 180 g/mol. The molecule has 0 aliphatic heterocycles. The normalized spacial score (nSPS) is 10.5.